The van der Waals surface area contributed by atoms with Crippen molar-refractivity contribution in [3.63, 3.8) is 0 Å². The van der Waals surface area contributed by atoms with Crippen molar-refractivity contribution in [2.45, 2.75) is 44.4 Å². The molecule has 1 aromatic carbocycles. The van der Waals surface area contributed by atoms with Crippen LogP contribution in [-0.2, 0) is 5.41 Å². The van der Waals surface area contributed by atoms with Crippen LogP contribution >= 0.6 is 0 Å². The van der Waals surface area contributed by atoms with Gasteiger partial charge in [-0.25, -0.2) is 4.98 Å². The highest BCUT2D eigenvalue weighted by Gasteiger charge is 2.35. The molecule has 18 heavy (non-hydrogen) atoms. The van der Waals surface area contributed by atoms with E-state index in [4.69, 9.17) is 10.2 Å². The molecule has 3 nitrogen and oxygen atoms in total. The lowest BCUT2D eigenvalue weighted by Gasteiger charge is -2.36. The third-order valence-electron chi connectivity index (χ3n) is 4.29. The molecule has 0 aliphatic heterocycles. The topological polar surface area (TPSA) is 52.0 Å². The number of fused-ring (bicyclic) bond motifs is 1. The highest BCUT2D eigenvalue weighted by atomic mass is 16.3. The maximum absolute atomic E-state index is 6.11. The van der Waals surface area contributed by atoms with Gasteiger partial charge in [-0.15, -0.1) is 0 Å². The predicted octanol–water partition coefficient (Wildman–Crippen LogP) is 3.30. The summed E-state index contributed by atoms with van der Waals surface area (Å²) in [6.07, 6.45) is 6.19. The van der Waals surface area contributed by atoms with Gasteiger partial charge < -0.3 is 10.2 Å². The summed E-state index contributed by atoms with van der Waals surface area (Å²) < 4.78 is 5.81. The van der Waals surface area contributed by atoms with Crippen molar-refractivity contribution in [2.75, 3.05) is 6.54 Å². The Hall–Kier alpha value is -1.35. The number of benzene rings is 1. The monoisotopic (exact) mass is 244 g/mol. The second kappa shape index (κ2) is 4.39. The number of rotatable bonds is 2. The molecule has 1 aliphatic rings. The Bertz CT molecular complexity index is 553. The first-order valence-corrected chi connectivity index (χ1v) is 6.82. The van der Waals surface area contributed by atoms with Gasteiger partial charge in [0.15, 0.2) is 11.5 Å². The Kier molecular flexibility index (Phi) is 2.86. The molecule has 0 unspecified atom stereocenters. The lowest BCUT2D eigenvalue weighted by Crippen LogP contribution is -2.37. The molecule has 0 radical (unpaired) electrons. The summed E-state index contributed by atoms with van der Waals surface area (Å²) in [5.41, 5.74) is 9.38. The summed E-state index contributed by atoms with van der Waals surface area (Å²) in [5.74, 6) is 0.737. The van der Waals surface area contributed by atoms with E-state index in [2.05, 4.69) is 17.1 Å². The predicted molar refractivity (Wildman–Crippen MR) is 72.6 cm³/mol. The fraction of sp³-hybridized carbons (Fsp3) is 0.533. The van der Waals surface area contributed by atoms with Gasteiger partial charge in [0.2, 0.25) is 0 Å². The summed E-state index contributed by atoms with van der Waals surface area (Å²) in [6, 6.07) is 6.26. The Morgan fingerprint density at radius 1 is 1.28 bits per heavy atom. The fourth-order valence-electron chi connectivity index (χ4n) is 3.29. The largest absolute Gasteiger partial charge is 0.441 e. The molecular formula is C15H20N2O. The molecule has 0 saturated heterocycles. The Balaban J connectivity index is 2.16. The van der Waals surface area contributed by atoms with E-state index in [1.165, 1.54) is 37.7 Å². The number of nitrogens with two attached hydrogens (primary N) is 1. The maximum Gasteiger partial charge on any atom is 0.192 e. The molecule has 2 N–H and O–H groups in total. The second-order valence-electron chi connectivity index (χ2n) is 5.43. The summed E-state index contributed by atoms with van der Waals surface area (Å²) in [4.78, 5) is 4.43. The van der Waals surface area contributed by atoms with Gasteiger partial charge in [0.25, 0.3) is 0 Å². The number of hydrogen-bond acceptors (Lipinski definition) is 3. The van der Waals surface area contributed by atoms with E-state index in [0.29, 0.717) is 6.54 Å². The van der Waals surface area contributed by atoms with Crippen LogP contribution in [0.25, 0.3) is 11.1 Å². The molecule has 1 fully saturated rings. The first-order chi connectivity index (χ1) is 8.75. The average molecular weight is 244 g/mol. The van der Waals surface area contributed by atoms with Crippen molar-refractivity contribution in [2.24, 2.45) is 5.73 Å². The first-order valence-electron chi connectivity index (χ1n) is 6.82. The van der Waals surface area contributed by atoms with E-state index in [9.17, 15) is 0 Å². The number of para-hydroxylation sites is 1. The van der Waals surface area contributed by atoms with Gasteiger partial charge in [0.1, 0.15) is 5.52 Å². The molecule has 2 aromatic rings. The average Bonchev–Trinajstić information content (AvgIpc) is 2.79. The van der Waals surface area contributed by atoms with Crippen molar-refractivity contribution in [1.29, 1.82) is 0 Å². The lowest BCUT2D eigenvalue weighted by atomic mass is 9.69. The number of hydrogen-bond donors (Lipinski definition) is 1. The minimum atomic E-state index is 0.101. The Labute approximate surface area is 107 Å². The molecule has 1 aliphatic carbocycles. The lowest BCUT2D eigenvalue weighted by molar-refractivity contribution is 0.300. The molecule has 0 bridgehead atoms. The first kappa shape index (κ1) is 11.7. The smallest absolute Gasteiger partial charge is 0.192 e. The van der Waals surface area contributed by atoms with Crippen molar-refractivity contribution < 1.29 is 4.42 Å². The maximum atomic E-state index is 6.11. The van der Waals surface area contributed by atoms with E-state index in [0.717, 1.165) is 17.0 Å². The van der Waals surface area contributed by atoms with Crippen molar-refractivity contribution in [3.8, 4) is 0 Å². The minimum absolute atomic E-state index is 0.101. The van der Waals surface area contributed by atoms with Gasteiger partial charge in [-0.2, -0.15) is 0 Å². The molecule has 0 spiro atoms. The van der Waals surface area contributed by atoms with Crippen LogP contribution in [0.2, 0.25) is 0 Å². The molecule has 0 amide bonds. The minimum Gasteiger partial charge on any atom is -0.441 e. The Morgan fingerprint density at radius 3 is 2.78 bits per heavy atom. The molecule has 0 atom stereocenters. The van der Waals surface area contributed by atoms with Crippen LogP contribution < -0.4 is 5.73 Å². The van der Waals surface area contributed by atoms with Crippen LogP contribution in [0.15, 0.2) is 22.6 Å². The fourth-order valence-corrected chi connectivity index (χ4v) is 3.29. The number of aryl methyl sites for hydroxylation is 1. The molecular weight excluding hydrogens is 224 g/mol. The van der Waals surface area contributed by atoms with Crippen LogP contribution in [0.1, 0.15) is 43.6 Å². The van der Waals surface area contributed by atoms with Crippen LogP contribution in [0.3, 0.4) is 0 Å². The highest BCUT2D eigenvalue weighted by molar-refractivity contribution is 5.77. The SMILES string of the molecule is Cc1nc2cccc(C3(CN)CCCCC3)c2o1. The van der Waals surface area contributed by atoms with Gasteiger partial charge in [0.05, 0.1) is 0 Å². The summed E-state index contributed by atoms with van der Waals surface area (Å²) in [7, 11) is 0. The van der Waals surface area contributed by atoms with Gasteiger partial charge in [-0.05, 0) is 18.9 Å². The van der Waals surface area contributed by atoms with Gasteiger partial charge >= 0.3 is 0 Å². The summed E-state index contributed by atoms with van der Waals surface area (Å²) >= 11 is 0. The van der Waals surface area contributed by atoms with Crippen LogP contribution in [-0.4, -0.2) is 11.5 Å². The summed E-state index contributed by atoms with van der Waals surface area (Å²) in [6.45, 7) is 2.60. The van der Waals surface area contributed by atoms with E-state index in [-0.39, 0.29) is 5.41 Å². The molecule has 3 rings (SSSR count). The van der Waals surface area contributed by atoms with Gasteiger partial charge in [0, 0.05) is 24.4 Å². The standard InChI is InChI=1S/C15H20N2O/c1-11-17-13-7-5-6-12(14(13)18-11)15(10-16)8-3-2-4-9-15/h5-7H,2-4,8-10,16H2,1H3. The molecule has 96 valence electrons. The second-order valence-corrected chi connectivity index (χ2v) is 5.43. The van der Waals surface area contributed by atoms with E-state index in [1.54, 1.807) is 0 Å². The zero-order valence-electron chi connectivity index (χ0n) is 10.9. The van der Waals surface area contributed by atoms with Crippen molar-refractivity contribution >= 4 is 11.1 Å². The van der Waals surface area contributed by atoms with E-state index in [1.807, 2.05) is 13.0 Å². The summed E-state index contributed by atoms with van der Waals surface area (Å²) in [5, 5.41) is 0. The van der Waals surface area contributed by atoms with E-state index < -0.39 is 0 Å². The highest BCUT2D eigenvalue weighted by Crippen LogP contribution is 2.41. The third kappa shape index (κ3) is 1.74. The van der Waals surface area contributed by atoms with Crippen LogP contribution in [0.5, 0.6) is 0 Å². The number of oxazole rings is 1. The zero-order chi connectivity index (χ0) is 12.6. The quantitative estimate of drug-likeness (QED) is 0.881. The normalized spacial score (nSPS) is 19.2. The Morgan fingerprint density at radius 2 is 2.06 bits per heavy atom. The van der Waals surface area contributed by atoms with Crippen LogP contribution in [0, 0.1) is 6.92 Å². The van der Waals surface area contributed by atoms with E-state index >= 15 is 0 Å². The van der Waals surface area contributed by atoms with Crippen molar-refractivity contribution in [3.05, 3.63) is 29.7 Å². The zero-order valence-corrected chi connectivity index (χ0v) is 10.9. The number of aromatic nitrogens is 1. The molecule has 3 heteroatoms. The molecule has 1 saturated carbocycles. The van der Waals surface area contributed by atoms with Crippen LogP contribution in [0.4, 0.5) is 0 Å². The molecule has 1 heterocycles. The van der Waals surface area contributed by atoms with Crippen molar-refractivity contribution in [1.82, 2.24) is 4.98 Å². The number of nitrogens with zero attached hydrogens (tertiary/aromatic N) is 1. The van der Waals surface area contributed by atoms with Gasteiger partial charge in [-0.3, -0.25) is 0 Å². The third-order valence-corrected chi connectivity index (χ3v) is 4.29. The van der Waals surface area contributed by atoms with Gasteiger partial charge in [-0.1, -0.05) is 31.4 Å². The molecule has 1 aromatic heterocycles.